The lowest BCUT2D eigenvalue weighted by Gasteiger charge is -2.04. The lowest BCUT2D eigenvalue weighted by molar-refractivity contribution is 0.628. The van der Waals surface area contributed by atoms with Crippen LogP contribution in [0.3, 0.4) is 0 Å². The van der Waals surface area contributed by atoms with Crippen molar-refractivity contribution in [3.8, 4) is 17.3 Å². The van der Waals surface area contributed by atoms with E-state index in [1.165, 1.54) is 12.1 Å². The highest BCUT2D eigenvalue weighted by Gasteiger charge is 2.09. The Kier molecular flexibility index (Phi) is 2.92. The number of imidazole rings is 1. The van der Waals surface area contributed by atoms with Crippen molar-refractivity contribution in [2.24, 2.45) is 0 Å². The van der Waals surface area contributed by atoms with E-state index in [1.54, 1.807) is 35.4 Å². The van der Waals surface area contributed by atoms with Crippen molar-refractivity contribution in [3.63, 3.8) is 0 Å². The van der Waals surface area contributed by atoms with Crippen LogP contribution in [-0.2, 0) is 0 Å². The van der Waals surface area contributed by atoms with Gasteiger partial charge in [-0.25, -0.2) is 9.37 Å². The van der Waals surface area contributed by atoms with Crippen LogP contribution < -0.4 is 0 Å². The second kappa shape index (κ2) is 4.74. The molecule has 3 aromatic rings. The molecule has 0 saturated heterocycles. The van der Waals surface area contributed by atoms with Gasteiger partial charge in [0, 0.05) is 18.0 Å². The normalized spacial score (nSPS) is 10.6. The quantitative estimate of drug-likeness (QED) is 0.721. The van der Waals surface area contributed by atoms with E-state index in [4.69, 9.17) is 11.6 Å². The number of benzene rings is 1. The lowest BCUT2D eigenvalue weighted by Crippen LogP contribution is -2.03. The first-order valence-electron chi connectivity index (χ1n) is 5.38. The summed E-state index contributed by atoms with van der Waals surface area (Å²) < 4.78 is 14.8. The molecule has 19 heavy (non-hydrogen) atoms. The SMILES string of the molecule is Fc1cccc(-c2nc(Cl)nc(-n3ccnc3)n2)c1. The van der Waals surface area contributed by atoms with Crippen molar-refractivity contribution >= 4 is 11.6 Å². The minimum Gasteiger partial charge on any atom is -0.274 e. The second-order valence-corrected chi connectivity index (χ2v) is 4.05. The Balaban J connectivity index is 2.12. The average molecular weight is 276 g/mol. The zero-order valence-electron chi connectivity index (χ0n) is 9.53. The molecule has 5 nitrogen and oxygen atoms in total. The molecule has 2 aromatic heterocycles. The van der Waals surface area contributed by atoms with Gasteiger partial charge < -0.3 is 0 Å². The molecule has 7 heteroatoms. The van der Waals surface area contributed by atoms with Crippen LogP contribution in [0.2, 0.25) is 5.28 Å². The van der Waals surface area contributed by atoms with Crippen LogP contribution in [-0.4, -0.2) is 24.5 Å². The molecule has 0 atom stereocenters. The summed E-state index contributed by atoms with van der Waals surface area (Å²) in [5, 5.41) is 0.0398. The maximum atomic E-state index is 13.2. The lowest BCUT2D eigenvalue weighted by atomic mass is 10.2. The third-order valence-corrected chi connectivity index (χ3v) is 2.58. The predicted octanol–water partition coefficient (Wildman–Crippen LogP) is 2.52. The van der Waals surface area contributed by atoms with Gasteiger partial charge in [0.05, 0.1) is 0 Å². The van der Waals surface area contributed by atoms with Crippen molar-refractivity contribution in [2.75, 3.05) is 0 Å². The monoisotopic (exact) mass is 275 g/mol. The van der Waals surface area contributed by atoms with E-state index in [0.29, 0.717) is 17.3 Å². The van der Waals surface area contributed by atoms with Gasteiger partial charge in [-0.3, -0.25) is 4.57 Å². The van der Waals surface area contributed by atoms with E-state index in [-0.39, 0.29) is 11.1 Å². The molecular formula is C12H7ClFN5. The Hall–Kier alpha value is -2.34. The fourth-order valence-corrected chi connectivity index (χ4v) is 1.74. The van der Waals surface area contributed by atoms with Crippen LogP contribution in [0.4, 0.5) is 4.39 Å². The Bertz CT molecular complexity index is 714. The summed E-state index contributed by atoms with van der Waals surface area (Å²) in [6.07, 6.45) is 4.82. The number of nitrogens with zero attached hydrogens (tertiary/aromatic N) is 5. The molecule has 3 rings (SSSR count). The maximum absolute atomic E-state index is 13.2. The number of halogens is 2. The van der Waals surface area contributed by atoms with Crippen molar-refractivity contribution in [2.45, 2.75) is 0 Å². The van der Waals surface area contributed by atoms with E-state index in [0.717, 1.165) is 0 Å². The zero-order valence-corrected chi connectivity index (χ0v) is 10.3. The summed E-state index contributed by atoms with van der Waals surface area (Å²) in [4.78, 5) is 16.1. The van der Waals surface area contributed by atoms with Gasteiger partial charge in [0.2, 0.25) is 11.2 Å². The van der Waals surface area contributed by atoms with Crippen LogP contribution in [0.5, 0.6) is 0 Å². The average Bonchev–Trinajstić information content (AvgIpc) is 2.92. The van der Waals surface area contributed by atoms with Crippen molar-refractivity contribution in [1.82, 2.24) is 24.5 Å². The first kappa shape index (κ1) is 11.7. The largest absolute Gasteiger partial charge is 0.274 e. The fourth-order valence-electron chi connectivity index (χ4n) is 1.59. The van der Waals surface area contributed by atoms with Gasteiger partial charge in [0.1, 0.15) is 12.1 Å². The molecule has 0 aliphatic heterocycles. The number of hydrogen-bond donors (Lipinski definition) is 0. The summed E-state index contributed by atoms with van der Waals surface area (Å²) in [6.45, 7) is 0. The van der Waals surface area contributed by atoms with Gasteiger partial charge in [-0.05, 0) is 23.7 Å². The molecule has 94 valence electrons. The molecule has 0 saturated carbocycles. The van der Waals surface area contributed by atoms with Crippen LogP contribution in [0.15, 0.2) is 43.0 Å². The van der Waals surface area contributed by atoms with Gasteiger partial charge in [-0.1, -0.05) is 12.1 Å². The fraction of sp³-hybridized carbons (Fsp3) is 0. The summed E-state index contributed by atoms with van der Waals surface area (Å²) in [5.74, 6) is 0.276. The molecule has 0 N–H and O–H groups in total. The Morgan fingerprint density at radius 2 is 2.05 bits per heavy atom. The van der Waals surface area contributed by atoms with Gasteiger partial charge >= 0.3 is 0 Å². The zero-order chi connectivity index (χ0) is 13.2. The van der Waals surface area contributed by atoms with Crippen molar-refractivity contribution in [1.29, 1.82) is 0 Å². The van der Waals surface area contributed by atoms with Gasteiger partial charge in [-0.15, -0.1) is 0 Å². The molecule has 0 amide bonds. The minimum atomic E-state index is -0.363. The number of rotatable bonds is 2. The van der Waals surface area contributed by atoms with Crippen LogP contribution in [0.25, 0.3) is 17.3 Å². The number of hydrogen-bond acceptors (Lipinski definition) is 4. The smallest absolute Gasteiger partial charge is 0.239 e. The number of aromatic nitrogens is 5. The minimum absolute atomic E-state index is 0.0398. The van der Waals surface area contributed by atoms with Crippen molar-refractivity contribution < 1.29 is 4.39 Å². The summed E-state index contributed by atoms with van der Waals surface area (Å²) >= 11 is 5.87. The van der Waals surface area contributed by atoms with Crippen LogP contribution >= 0.6 is 11.6 Å². The van der Waals surface area contributed by atoms with Crippen molar-refractivity contribution in [3.05, 3.63) is 54.1 Å². The Labute approximate surface area is 112 Å². The Morgan fingerprint density at radius 1 is 1.16 bits per heavy atom. The molecule has 0 aliphatic rings. The van der Waals surface area contributed by atoms with E-state index >= 15 is 0 Å². The summed E-state index contributed by atoms with van der Waals surface area (Å²) in [7, 11) is 0. The first-order chi connectivity index (χ1) is 9.22. The molecule has 1 aromatic carbocycles. The Morgan fingerprint density at radius 3 is 2.79 bits per heavy atom. The highest BCUT2D eigenvalue weighted by atomic mass is 35.5. The van der Waals surface area contributed by atoms with Gasteiger partial charge in [0.15, 0.2) is 5.82 Å². The second-order valence-electron chi connectivity index (χ2n) is 3.71. The summed E-state index contributed by atoms with van der Waals surface area (Å²) in [6, 6.07) is 5.97. The first-order valence-corrected chi connectivity index (χ1v) is 5.76. The van der Waals surface area contributed by atoms with E-state index in [9.17, 15) is 4.39 Å². The third-order valence-electron chi connectivity index (χ3n) is 2.41. The molecular weight excluding hydrogens is 269 g/mol. The van der Waals surface area contributed by atoms with Gasteiger partial charge in [-0.2, -0.15) is 15.0 Å². The van der Waals surface area contributed by atoms with E-state index in [1.807, 2.05) is 0 Å². The third kappa shape index (κ3) is 2.43. The van der Waals surface area contributed by atoms with Crippen LogP contribution in [0, 0.1) is 5.82 Å². The highest BCUT2D eigenvalue weighted by Crippen LogP contribution is 2.18. The summed E-state index contributed by atoms with van der Waals surface area (Å²) in [5.41, 5.74) is 0.533. The van der Waals surface area contributed by atoms with E-state index < -0.39 is 0 Å². The molecule has 0 fully saturated rings. The molecule has 0 aliphatic carbocycles. The molecule has 0 radical (unpaired) electrons. The van der Waals surface area contributed by atoms with E-state index in [2.05, 4.69) is 19.9 Å². The molecule has 0 bridgehead atoms. The molecule has 2 heterocycles. The predicted molar refractivity (Wildman–Crippen MR) is 67.4 cm³/mol. The molecule has 0 spiro atoms. The molecule has 0 unspecified atom stereocenters. The topological polar surface area (TPSA) is 56.5 Å². The maximum Gasteiger partial charge on any atom is 0.239 e. The standard InChI is InChI=1S/C12H7ClFN5/c13-11-16-10(8-2-1-3-9(14)6-8)17-12(18-11)19-5-4-15-7-19/h1-7H. The highest BCUT2D eigenvalue weighted by molar-refractivity contribution is 6.28. The van der Waals surface area contributed by atoms with Crippen LogP contribution in [0.1, 0.15) is 0 Å². The van der Waals surface area contributed by atoms with Gasteiger partial charge in [0.25, 0.3) is 0 Å².